The van der Waals surface area contributed by atoms with Gasteiger partial charge in [0.05, 0.1) is 6.54 Å². The zero-order valence-electron chi connectivity index (χ0n) is 10.2. The quantitative estimate of drug-likeness (QED) is 0.798. The van der Waals surface area contributed by atoms with Crippen molar-refractivity contribution in [2.24, 2.45) is 0 Å². The molecule has 0 spiro atoms. The molecule has 0 aliphatic heterocycles. The molecule has 5 heteroatoms. The minimum Gasteiger partial charge on any atom is -0.347 e. The van der Waals surface area contributed by atoms with Crippen molar-refractivity contribution in [3.05, 3.63) is 0 Å². The lowest BCUT2D eigenvalue weighted by Crippen LogP contribution is -2.45. The zero-order chi connectivity index (χ0) is 12.1. The predicted molar refractivity (Wildman–Crippen MR) is 66.4 cm³/mol. The Balaban J connectivity index is 2.46. The monoisotopic (exact) mass is 244 g/mol. The lowest BCUT2D eigenvalue weighted by Gasteiger charge is -2.29. The highest BCUT2D eigenvalue weighted by Gasteiger charge is 2.31. The Morgan fingerprint density at radius 2 is 2.12 bits per heavy atom. The van der Waals surface area contributed by atoms with Gasteiger partial charge >= 0.3 is 0 Å². The van der Waals surface area contributed by atoms with Crippen LogP contribution in [0.2, 0.25) is 0 Å². The summed E-state index contributed by atoms with van der Waals surface area (Å²) in [5.74, 6) is -0.157. The lowest BCUT2D eigenvalue weighted by molar-refractivity contribution is -0.132. The second kappa shape index (κ2) is 6.13. The van der Waals surface area contributed by atoms with Gasteiger partial charge in [-0.3, -0.25) is 9.59 Å². The number of carbonyl (C=O) groups excluding carboxylic acids is 2. The molecule has 0 radical (unpaired) electrons. The highest BCUT2D eigenvalue weighted by Crippen LogP contribution is 2.31. The molecule has 2 atom stereocenters. The molecular weight excluding hydrogens is 224 g/mol. The molecule has 0 bridgehead atoms. The summed E-state index contributed by atoms with van der Waals surface area (Å²) in [5.41, 5.74) is 0. The summed E-state index contributed by atoms with van der Waals surface area (Å²) in [5, 5.41) is 3.09. The van der Waals surface area contributed by atoms with E-state index >= 15 is 0 Å². The fourth-order valence-electron chi connectivity index (χ4n) is 2.13. The third kappa shape index (κ3) is 3.40. The van der Waals surface area contributed by atoms with Crippen molar-refractivity contribution in [1.29, 1.82) is 0 Å². The van der Waals surface area contributed by atoms with Gasteiger partial charge in [-0.2, -0.15) is 11.8 Å². The number of hydrogen-bond donors (Lipinski definition) is 1. The highest BCUT2D eigenvalue weighted by molar-refractivity contribution is 7.99. The number of nitrogens with one attached hydrogen (secondary N) is 1. The molecule has 0 aromatic carbocycles. The fraction of sp³-hybridized carbons (Fsp3) is 0.818. The second-order valence-corrected chi connectivity index (χ2v) is 5.26. The highest BCUT2D eigenvalue weighted by atomic mass is 32.2. The Kier molecular flexibility index (Phi) is 5.12. The first kappa shape index (κ1) is 13.4. The third-order valence-corrected chi connectivity index (χ3v) is 4.26. The van der Waals surface area contributed by atoms with E-state index < -0.39 is 0 Å². The van der Waals surface area contributed by atoms with Gasteiger partial charge in [0.2, 0.25) is 11.8 Å². The minimum absolute atomic E-state index is 0.00106. The summed E-state index contributed by atoms with van der Waals surface area (Å²) < 4.78 is 0. The lowest BCUT2D eigenvalue weighted by atomic mass is 10.2. The zero-order valence-corrected chi connectivity index (χ0v) is 11.0. The summed E-state index contributed by atoms with van der Waals surface area (Å²) in [6, 6.07) is 0.330. The van der Waals surface area contributed by atoms with Gasteiger partial charge in [-0.25, -0.2) is 0 Å². The van der Waals surface area contributed by atoms with Gasteiger partial charge in [0, 0.05) is 25.3 Å². The van der Waals surface area contributed by atoms with Gasteiger partial charge < -0.3 is 10.2 Å². The van der Waals surface area contributed by atoms with E-state index in [0.717, 1.165) is 6.42 Å². The Morgan fingerprint density at radius 3 is 2.69 bits per heavy atom. The van der Waals surface area contributed by atoms with Crippen LogP contribution < -0.4 is 5.32 Å². The molecule has 0 aromatic rings. The predicted octanol–water partition coefficient (Wildman–Crippen LogP) is 0.865. The van der Waals surface area contributed by atoms with Crippen LogP contribution in [-0.2, 0) is 9.59 Å². The van der Waals surface area contributed by atoms with E-state index in [-0.39, 0.29) is 18.4 Å². The number of nitrogens with zero attached hydrogens (tertiary/aromatic N) is 1. The first-order chi connectivity index (χ1) is 7.56. The summed E-state index contributed by atoms with van der Waals surface area (Å²) in [7, 11) is 1.84. The van der Waals surface area contributed by atoms with Crippen molar-refractivity contribution in [2.45, 2.75) is 37.5 Å². The molecule has 1 saturated carbocycles. The van der Waals surface area contributed by atoms with E-state index in [1.807, 2.05) is 18.8 Å². The van der Waals surface area contributed by atoms with Crippen molar-refractivity contribution in [3.8, 4) is 0 Å². The summed E-state index contributed by atoms with van der Waals surface area (Å²) >= 11 is 1.83. The van der Waals surface area contributed by atoms with E-state index in [2.05, 4.69) is 11.6 Å². The number of likely N-dealkylation sites (N-methyl/N-ethyl adjacent to an activating group) is 1. The molecule has 0 saturated heterocycles. The van der Waals surface area contributed by atoms with Crippen molar-refractivity contribution in [3.63, 3.8) is 0 Å². The Morgan fingerprint density at radius 1 is 1.44 bits per heavy atom. The Labute approximate surface area is 101 Å². The van der Waals surface area contributed by atoms with Crippen LogP contribution >= 0.6 is 11.8 Å². The average Bonchev–Trinajstić information content (AvgIpc) is 2.72. The van der Waals surface area contributed by atoms with Crippen molar-refractivity contribution in [2.75, 3.05) is 19.8 Å². The van der Waals surface area contributed by atoms with Gasteiger partial charge in [-0.05, 0) is 19.1 Å². The molecule has 16 heavy (non-hydrogen) atoms. The molecule has 1 aliphatic rings. The maximum Gasteiger partial charge on any atom is 0.241 e. The summed E-state index contributed by atoms with van der Waals surface area (Å²) in [4.78, 5) is 24.3. The van der Waals surface area contributed by atoms with Crippen LogP contribution in [0.1, 0.15) is 26.2 Å². The van der Waals surface area contributed by atoms with Crippen molar-refractivity contribution >= 4 is 23.6 Å². The van der Waals surface area contributed by atoms with Crippen LogP contribution in [0.4, 0.5) is 0 Å². The number of rotatable bonds is 4. The van der Waals surface area contributed by atoms with Crippen molar-refractivity contribution < 1.29 is 9.59 Å². The van der Waals surface area contributed by atoms with Crippen LogP contribution in [-0.4, -0.2) is 47.9 Å². The van der Waals surface area contributed by atoms with Crippen LogP contribution in [0.25, 0.3) is 0 Å². The summed E-state index contributed by atoms with van der Waals surface area (Å²) in [6.45, 7) is 1.54. The molecule has 4 nitrogen and oxygen atoms in total. The first-order valence-corrected chi connectivity index (χ1v) is 6.88. The molecule has 2 amide bonds. The standard InChI is InChI=1S/C11H20N2O2S/c1-8(14)12-7-11(15)13(2)9-5-4-6-10(9)16-3/h9-10H,4-7H2,1-3H3,(H,12,14)/t9-,10+/m0/s1. The molecule has 0 heterocycles. The Bertz CT molecular complexity index is 271. The maximum absolute atomic E-state index is 11.8. The van der Waals surface area contributed by atoms with Gasteiger partial charge in [-0.1, -0.05) is 6.42 Å². The van der Waals surface area contributed by atoms with Crippen LogP contribution in [0.5, 0.6) is 0 Å². The Hall–Kier alpha value is -0.710. The normalized spacial score (nSPS) is 24.2. The smallest absolute Gasteiger partial charge is 0.241 e. The van der Waals surface area contributed by atoms with Gasteiger partial charge in [-0.15, -0.1) is 0 Å². The van der Waals surface area contributed by atoms with E-state index in [9.17, 15) is 9.59 Å². The van der Waals surface area contributed by atoms with E-state index in [1.54, 1.807) is 4.90 Å². The minimum atomic E-state index is -0.158. The third-order valence-electron chi connectivity index (χ3n) is 3.10. The second-order valence-electron chi connectivity index (χ2n) is 4.19. The maximum atomic E-state index is 11.8. The van der Waals surface area contributed by atoms with E-state index in [0.29, 0.717) is 11.3 Å². The first-order valence-electron chi connectivity index (χ1n) is 5.59. The molecule has 92 valence electrons. The fourth-order valence-corrected chi connectivity index (χ4v) is 3.17. The SMILES string of the molecule is CS[C@@H]1CCC[C@@H]1N(C)C(=O)CNC(C)=O. The molecule has 1 rings (SSSR count). The van der Waals surface area contributed by atoms with E-state index in [4.69, 9.17) is 0 Å². The number of amides is 2. The van der Waals surface area contributed by atoms with Gasteiger partial charge in [0.1, 0.15) is 0 Å². The molecule has 1 aliphatic carbocycles. The summed E-state index contributed by atoms with van der Waals surface area (Å²) in [6.07, 6.45) is 5.54. The van der Waals surface area contributed by atoms with Crippen LogP contribution in [0, 0.1) is 0 Å². The molecule has 0 aromatic heterocycles. The molecule has 1 N–H and O–H groups in total. The number of carbonyl (C=O) groups is 2. The van der Waals surface area contributed by atoms with E-state index in [1.165, 1.54) is 19.8 Å². The van der Waals surface area contributed by atoms with Gasteiger partial charge in [0.25, 0.3) is 0 Å². The molecule has 1 fully saturated rings. The molecule has 0 unspecified atom stereocenters. The van der Waals surface area contributed by atoms with Gasteiger partial charge in [0.15, 0.2) is 0 Å². The average molecular weight is 244 g/mol. The van der Waals surface area contributed by atoms with Crippen LogP contribution in [0.3, 0.4) is 0 Å². The number of hydrogen-bond acceptors (Lipinski definition) is 3. The van der Waals surface area contributed by atoms with Crippen LogP contribution in [0.15, 0.2) is 0 Å². The number of thioether (sulfide) groups is 1. The molecular formula is C11H20N2O2S. The largest absolute Gasteiger partial charge is 0.347 e. The topological polar surface area (TPSA) is 49.4 Å². The van der Waals surface area contributed by atoms with Crippen molar-refractivity contribution in [1.82, 2.24) is 10.2 Å².